The van der Waals surface area contributed by atoms with Gasteiger partial charge < -0.3 is 15.5 Å². The number of halogens is 1. The van der Waals surface area contributed by atoms with Crippen molar-refractivity contribution in [2.75, 3.05) is 31.5 Å². The number of likely N-dealkylation sites (tertiary alicyclic amines) is 1. The Bertz CT molecular complexity index is 579. The summed E-state index contributed by atoms with van der Waals surface area (Å²) in [4.78, 5) is 26.3. The zero-order valence-corrected chi connectivity index (χ0v) is 15.6. The largest absolute Gasteiger partial charge is 0.339 e. The van der Waals surface area contributed by atoms with E-state index in [0.29, 0.717) is 18.0 Å². The van der Waals surface area contributed by atoms with Gasteiger partial charge in [0.15, 0.2) is 0 Å². The summed E-state index contributed by atoms with van der Waals surface area (Å²) in [6, 6.07) is 7.21. The van der Waals surface area contributed by atoms with Gasteiger partial charge in [-0.3, -0.25) is 9.59 Å². The molecule has 5 nitrogen and oxygen atoms in total. The number of rotatable bonds is 6. The molecule has 138 valence electrons. The minimum Gasteiger partial charge on any atom is -0.339 e. The summed E-state index contributed by atoms with van der Waals surface area (Å²) in [7, 11) is 0. The molecular weight excluding hydrogens is 338 g/mol. The van der Waals surface area contributed by atoms with Crippen LogP contribution in [0.3, 0.4) is 0 Å². The van der Waals surface area contributed by atoms with Crippen molar-refractivity contribution in [1.82, 2.24) is 10.2 Å². The molecule has 3 rings (SSSR count). The van der Waals surface area contributed by atoms with Crippen LogP contribution < -0.4 is 10.6 Å². The minimum absolute atomic E-state index is 0. The molecule has 0 bridgehead atoms. The standard InChI is InChI=1S/C19H27N3O2.ClH/c1-14-8-10-22(11-9-14)19(24)16-4-6-17(7-5-16)21-18(23)13-20-12-15-2-3-15;/h4-7,14-15,20H,2-3,8-13H2,1H3,(H,21,23);1H. The Hall–Kier alpha value is -1.59. The minimum atomic E-state index is -0.0419. The van der Waals surface area contributed by atoms with E-state index in [1.807, 2.05) is 4.90 Å². The maximum absolute atomic E-state index is 12.5. The van der Waals surface area contributed by atoms with Crippen molar-refractivity contribution < 1.29 is 9.59 Å². The second kappa shape index (κ2) is 9.20. The maximum Gasteiger partial charge on any atom is 0.253 e. The van der Waals surface area contributed by atoms with Crippen LogP contribution in [0.5, 0.6) is 0 Å². The molecule has 0 radical (unpaired) electrons. The van der Waals surface area contributed by atoms with Crippen LogP contribution in [0.25, 0.3) is 0 Å². The highest BCUT2D eigenvalue weighted by molar-refractivity contribution is 5.96. The molecule has 0 atom stereocenters. The van der Waals surface area contributed by atoms with Crippen LogP contribution >= 0.6 is 12.4 Å². The van der Waals surface area contributed by atoms with Crippen LogP contribution in [0.2, 0.25) is 0 Å². The molecule has 2 fully saturated rings. The van der Waals surface area contributed by atoms with Crippen LogP contribution in [-0.4, -0.2) is 42.9 Å². The molecule has 0 aromatic heterocycles. The first-order valence-electron chi connectivity index (χ1n) is 9.01. The first-order valence-corrected chi connectivity index (χ1v) is 9.01. The Morgan fingerprint density at radius 2 is 1.72 bits per heavy atom. The SMILES string of the molecule is CC1CCN(C(=O)c2ccc(NC(=O)CNCC3CC3)cc2)CC1.Cl. The maximum atomic E-state index is 12.5. The average molecular weight is 366 g/mol. The Labute approximate surface area is 155 Å². The lowest BCUT2D eigenvalue weighted by molar-refractivity contribution is -0.115. The second-order valence-corrected chi connectivity index (χ2v) is 7.17. The van der Waals surface area contributed by atoms with Gasteiger partial charge in [-0.2, -0.15) is 0 Å². The molecule has 1 heterocycles. The zero-order chi connectivity index (χ0) is 16.9. The summed E-state index contributed by atoms with van der Waals surface area (Å²) in [5, 5.41) is 6.03. The predicted molar refractivity (Wildman–Crippen MR) is 102 cm³/mol. The smallest absolute Gasteiger partial charge is 0.253 e. The number of carbonyl (C=O) groups is 2. The number of carbonyl (C=O) groups excluding carboxylic acids is 2. The topological polar surface area (TPSA) is 61.4 Å². The monoisotopic (exact) mass is 365 g/mol. The zero-order valence-electron chi connectivity index (χ0n) is 14.8. The molecule has 0 spiro atoms. The number of anilines is 1. The molecule has 1 saturated carbocycles. The van der Waals surface area contributed by atoms with Crippen molar-refractivity contribution in [3.8, 4) is 0 Å². The molecule has 0 unspecified atom stereocenters. The van der Waals surface area contributed by atoms with E-state index in [1.165, 1.54) is 12.8 Å². The lowest BCUT2D eigenvalue weighted by atomic mass is 9.98. The average Bonchev–Trinajstić information content (AvgIpc) is 3.40. The van der Waals surface area contributed by atoms with Gasteiger partial charge in [-0.05, 0) is 68.3 Å². The number of piperidine rings is 1. The third-order valence-corrected chi connectivity index (χ3v) is 4.90. The Balaban J connectivity index is 0.00000225. The molecular formula is C19H28ClN3O2. The molecule has 2 N–H and O–H groups in total. The highest BCUT2D eigenvalue weighted by Crippen LogP contribution is 2.27. The summed E-state index contributed by atoms with van der Waals surface area (Å²) in [6.07, 6.45) is 4.71. The highest BCUT2D eigenvalue weighted by Gasteiger charge is 2.22. The lowest BCUT2D eigenvalue weighted by Gasteiger charge is -2.30. The summed E-state index contributed by atoms with van der Waals surface area (Å²) in [5.41, 5.74) is 1.42. The van der Waals surface area contributed by atoms with Crippen molar-refractivity contribution in [3.05, 3.63) is 29.8 Å². The summed E-state index contributed by atoms with van der Waals surface area (Å²) < 4.78 is 0. The van der Waals surface area contributed by atoms with E-state index in [4.69, 9.17) is 0 Å². The van der Waals surface area contributed by atoms with Gasteiger partial charge in [0.05, 0.1) is 6.54 Å². The highest BCUT2D eigenvalue weighted by atomic mass is 35.5. The number of nitrogens with one attached hydrogen (secondary N) is 2. The van der Waals surface area contributed by atoms with Crippen molar-refractivity contribution in [3.63, 3.8) is 0 Å². The van der Waals surface area contributed by atoms with E-state index < -0.39 is 0 Å². The molecule has 2 aliphatic rings. The van der Waals surface area contributed by atoms with Crippen LogP contribution in [0, 0.1) is 11.8 Å². The lowest BCUT2D eigenvalue weighted by Crippen LogP contribution is -2.37. The predicted octanol–water partition coefficient (Wildman–Crippen LogP) is 2.92. The van der Waals surface area contributed by atoms with Gasteiger partial charge in [-0.15, -0.1) is 12.4 Å². The molecule has 1 aromatic carbocycles. The van der Waals surface area contributed by atoms with Crippen molar-refractivity contribution in [2.45, 2.75) is 32.6 Å². The Morgan fingerprint density at radius 1 is 1.08 bits per heavy atom. The van der Waals surface area contributed by atoms with Gasteiger partial charge in [0.25, 0.3) is 5.91 Å². The molecule has 1 aliphatic heterocycles. The van der Waals surface area contributed by atoms with Crippen LogP contribution in [0.1, 0.15) is 43.0 Å². The summed E-state index contributed by atoms with van der Waals surface area (Å²) in [5.74, 6) is 1.52. The van der Waals surface area contributed by atoms with E-state index in [-0.39, 0.29) is 24.2 Å². The summed E-state index contributed by atoms with van der Waals surface area (Å²) in [6.45, 7) is 5.17. The van der Waals surface area contributed by atoms with E-state index in [1.54, 1.807) is 24.3 Å². The fourth-order valence-electron chi connectivity index (χ4n) is 3.01. The Kier molecular flexibility index (Phi) is 7.26. The number of hydrogen-bond acceptors (Lipinski definition) is 3. The van der Waals surface area contributed by atoms with E-state index in [2.05, 4.69) is 17.6 Å². The molecule has 6 heteroatoms. The third kappa shape index (κ3) is 6.01. The normalized spacial score (nSPS) is 17.7. The fourth-order valence-corrected chi connectivity index (χ4v) is 3.01. The molecule has 2 amide bonds. The Morgan fingerprint density at radius 3 is 2.32 bits per heavy atom. The third-order valence-electron chi connectivity index (χ3n) is 4.90. The van der Waals surface area contributed by atoms with Crippen LogP contribution in [0.15, 0.2) is 24.3 Å². The first kappa shape index (κ1) is 19.7. The van der Waals surface area contributed by atoms with Crippen molar-refractivity contribution in [1.29, 1.82) is 0 Å². The summed E-state index contributed by atoms with van der Waals surface area (Å²) >= 11 is 0. The van der Waals surface area contributed by atoms with E-state index in [9.17, 15) is 9.59 Å². The van der Waals surface area contributed by atoms with Crippen molar-refractivity contribution in [2.24, 2.45) is 11.8 Å². The molecule has 25 heavy (non-hydrogen) atoms. The van der Waals surface area contributed by atoms with Crippen molar-refractivity contribution >= 4 is 29.9 Å². The van der Waals surface area contributed by atoms with Gasteiger partial charge >= 0.3 is 0 Å². The van der Waals surface area contributed by atoms with Gasteiger partial charge in [-0.25, -0.2) is 0 Å². The molecule has 1 saturated heterocycles. The van der Waals surface area contributed by atoms with E-state index in [0.717, 1.165) is 44.1 Å². The second-order valence-electron chi connectivity index (χ2n) is 7.17. The molecule has 1 aromatic rings. The number of benzene rings is 1. The van der Waals surface area contributed by atoms with Crippen LogP contribution in [0.4, 0.5) is 5.69 Å². The van der Waals surface area contributed by atoms with Gasteiger partial charge in [0.2, 0.25) is 5.91 Å². The van der Waals surface area contributed by atoms with E-state index >= 15 is 0 Å². The number of nitrogens with zero attached hydrogens (tertiary/aromatic N) is 1. The molecule has 1 aliphatic carbocycles. The number of hydrogen-bond donors (Lipinski definition) is 2. The quantitative estimate of drug-likeness (QED) is 0.814. The van der Waals surface area contributed by atoms with Gasteiger partial charge in [0, 0.05) is 24.3 Å². The van der Waals surface area contributed by atoms with Gasteiger partial charge in [-0.1, -0.05) is 6.92 Å². The van der Waals surface area contributed by atoms with Gasteiger partial charge in [0.1, 0.15) is 0 Å². The fraction of sp³-hybridized carbons (Fsp3) is 0.579. The first-order chi connectivity index (χ1) is 11.6. The van der Waals surface area contributed by atoms with Crippen LogP contribution in [-0.2, 0) is 4.79 Å². The number of amides is 2.